The van der Waals surface area contributed by atoms with Crippen LogP contribution >= 0.6 is 35.7 Å². The van der Waals surface area contributed by atoms with Crippen LogP contribution in [0.25, 0.3) is 0 Å². The van der Waals surface area contributed by atoms with Gasteiger partial charge in [0, 0.05) is 18.0 Å². The number of thioether (sulfide) groups is 2. The van der Waals surface area contributed by atoms with Gasteiger partial charge in [0.25, 0.3) is 5.91 Å². The summed E-state index contributed by atoms with van der Waals surface area (Å²) in [5, 5.41) is 1.20. The van der Waals surface area contributed by atoms with Gasteiger partial charge in [0.2, 0.25) is 0 Å². The molecule has 1 aliphatic carbocycles. The number of fused-ring (bicyclic) bond motifs is 3. The number of benzene rings is 1. The van der Waals surface area contributed by atoms with Gasteiger partial charge < -0.3 is 4.90 Å². The van der Waals surface area contributed by atoms with Crippen LogP contribution in [0.3, 0.4) is 0 Å². The first-order valence-corrected chi connectivity index (χ1v) is 11.2. The summed E-state index contributed by atoms with van der Waals surface area (Å²) in [6.45, 7) is 5.69. The molecule has 2 aliphatic heterocycles. The highest BCUT2D eigenvalue weighted by Gasteiger charge is 2.31. The number of amides is 1. The number of thiocarbonyl (C=S) groups is 1. The molecule has 0 saturated carbocycles. The molecule has 4 rings (SSSR count). The number of rotatable bonds is 3. The van der Waals surface area contributed by atoms with E-state index in [-0.39, 0.29) is 5.91 Å². The highest BCUT2D eigenvalue weighted by atomic mass is 32.2. The number of nitrogens with zero attached hydrogens (tertiary/aromatic N) is 2. The number of aryl methyl sites for hydroxylation is 1. The highest BCUT2D eigenvalue weighted by Crippen LogP contribution is 2.50. The monoisotopic (exact) mass is 402 g/mol. The Morgan fingerprint density at radius 1 is 1.08 bits per heavy atom. The van der Waals surface area contributed by atoms with E-state index in [2.05, 4.69) is 30.0 Å². The second kappa shape index (κ2) is 7.41. The molecular weight excluding hydrogens is 380 g/mol. The Balaban J connectivity index is 1.66. The van der Waals surface area contributed by atoms with E-state index >= 15 is 0 Å². The molecule has 3 aliphatic rings. The second-order valence-corrected chi connectivity index (χ2v) is 9.26. The van der Waals surface area contributed by atoms with Crippen LogP contribution in [0.15, 0.2) is 39.1 Å². The average molecular weight is 403 g/mol. The Bertz CT molecular complexity index is 844. The lowest BCUT2D eigenvalue weighted by Crippen LogP contribution is -2.27. The average Bonchev–Trinajstić information content (AvgIpc) is 3.16. The largest absolute Gasteiger partial charge is 0.335 e. The predicted octanol–water partition coefficient (Wildman–Crippen LogP) is 5.10. The van der Waals surface area contributed by atoms with Gasteiger partial charge in [0.1, 0.15) is 4.32 Å². The number of hydrogen-bond donors (Lipinski definition) is 0. The van der Waals surface area contributed by atoms with Gasteiger partial charge in [0.15, 0.2) is 0 Å². The van der Waals surface area contributed by atoms with Crippen LogP contribution < -0.4 is 4.90 Å². The van der Waals surface area contributed by atoms with Crippen molar-refractivity contribution >= 4 is 51.7 Å². The number of hydrogen-bond acceptors (Lipinski definition) is 5. The first-order chi connectivity index (χ1) is 12.6. The van der Waals surface area contributed by atoms with Crippen LogP contribution in [-0.2, 0) is 17.6 Å². The van der Waals surface area contributed by atoms with E-state index in [1.807, 2.05) is 24.8 Å². The smallest absolute Gasteiger partial charge is 0.266 e. The fourth-order valence-electron chi connectivity index (χ4n) is 3.77. The summed E-state index contributed by atoms with van der Waals surface area (Å²) in [7, 11) is 0. The second-order valence-electron chi connectivity index (χ2n) is 6.56. The minimum atomic E-state index is 0.0280. The molecule has 2 heterocycles. The summed E-state index contributed by atoms with van der Waals surface area (Å²) in [5.74, 6) is 0.0280. The third-order valence-electron chi connectivity index (χ3n) is 5.11. The van der Waals surface area contributed by atoms with Crippen molar-refractivity contribution in [3.63, 3.8) is 0 Å². The maximum atomic E-state index is 12.4. The van der Waals surface area contributed by atoms with Crippen molar-refractivity contribution in [3.05, 3.63) is 45.3 Å². The maximum absolute atomic E-state index is 12.4. The van der Waals surface area contributed by atoms with Gasteiger partial charge in [0.05, 0.1) is 15.6 Å². The molecule has 0 radical (unpaired) electrons. The zero-order valence-electron chi connectivity index (χ0n) is 15.1. The first-order valence-electron chi connectivity index (χ1n) is 9.19. The summed E-state index contributed by atoms with van der Waals surface area (Å²) >= 11 is 8.56. The van der Waals surface area contributed by atoms with Gasteiger partial charge in [-0.3, -0.25) is 9.69 Å². The Morgan fingerprint density at radius 2 is 1.85 bits per heavy atom. The van der Waals surface area contributed by atoms with E-state index in [0.717, 1.165) is 11.4 Å². The lowest BCUT2D eigenvalue weighted by Gasteiger charge is -2.21. The normalized spacial score (nSPS) is 22.5. The van der Waals surface area contributed by atoms with E-state index in [0.29, 0.717) is 10.9 Å². The predicted molar refractivity (Wildman–Crippen MR) is 116 cm³/mol. The van der Waals surface area contributed by atoms with E-state index in [1.165, 1.54) is 64.2 Å². The fourth-order valence-corrected chi connectivity index (χ4v) is 6.42. The zero-order chi connectivity index (χ0) is 18.3. The number of allylic oxidation sites excluding steroid dienone is 2. The van der Waals surface area contributed by atoms with E-state index in [4.69, 9.17) is 12.2 Å². The molecule has 0 spiro atoms. The lowest BCUT2D eigenvalue weighted by molar-refractivity contribution is -0.122. The molecule has 0 unspecified atom stereocenters. The fraction of sp³-hybridized carbons (Fsp3) is 0.400. The quantitative estimate of drug-likeness (QED) is 0.517. The van der Waals surface area contributed by atoms with Crippen LogP contribution in [0.2, 0.25) is 0 Å². The molecule has 26 heavy (non-hydrogen) atoms. The molecule has 0 bridgehead atoms. The Hall–Kier alpha value is -1.24. The van der Waals surface area contributed by atoms with Gasteiger partial charge in [-0.2, -0.15) is 0 Å². The molecule has 0 N–H and O–H groups in total. The molecule has 3 nitrogen and oxygen atoms in total. The van der Waals surface area contributed by atoms with Crippen LogP contribution in [0, 0.1) is 0 Å². The topological polar surface area (TPSA) is 23.6 Å². The lowest BCUT2D eigenvalue weighted by atomic mass is 9.91. The summed E-state index contributed by atoms with van der Waals surface area (Å²) < 4.78 is 0.658. The van der Waals surface area contributed by atoms with Crippen molar-refractivity contribution in [2.75, 3.05) is 18.0 Å². The van der Waals surface area contributed by atoms with Gasteiger partial charge in [-0.1, -0.05) is 41.8 Å². The third-order valence-corrected chi connectivity index (χ3v) is 7.73. The van der Waals surface area contributed by atoms with Crippen LogP contribution in [0.1, 0.15) is 37.8 Å². The van der Waals surface area contributed by atoms with Gasteiger partial charge in [-0.05, 0) is 68.9 Å². The van der Waals surface area contributed by atoms with Crippen LogP contribution in [0.4, 0.5) is 5.69 Å². The number of carbonyl (C=O) groups is 1. The maximum Gasteiger partial charge on any atom is 0.266 e. The van der Waals surface area contributed by atoms with Gasteiger partial charge >= 0.3 is 0 Å². The molecule has 1 amide bonds. The third kappa shape index (κ3) is 3.02. The van der Waals surface area contributed by atoms with E-state index < -0.39 is 0 Å². The standard InChI is InChI=1S/C20H22N2OS3/c1-3-21-15-10-9-13-7-5-6-8-14(13)18(15)26-17(21)12-11-16-19(23)22(4-2)20(24)25-16/h9-12H,3-8H2,1-2H3. The van der Waals surface area contributed by atoms with Crippen LogP contribution in [0.5, 0.6) is 0 Å². The van der Waals surface area contributed by atoms with Gasteiger partial charge in [-0.25, -0.2) is 0 Å². The summed E-state index contributed by atoms with van der Waals surface area (Å²) in [6.07, 6.45) is 9.01. The minimum absolute atomic E-state index is 0.0280. The summed E-state index contributed by atoms with van der Waals surface area (Å²) in [6, 6.07) is 4.58. The Kier molecular flexibility index (Phi) is 5.17. The molecule has 1 saturated heterocycles. The van der Waals surface area contributed by atoms with Crippen molar-refractivity contribution in [3.8, 4) is 0 Å². The Morgan fingerprint density at radius 3 is 2.58 bits per heavy atom. The molecular formula is C20H22N2OS3. The van der Waals surface area contributed by atoms with E-state index in [1.54, 1.807) is 4.90 Å². The summed E-state index contributed by atoms with van der Waals surface area (Å²) in [4.78, 5) is 18.6. The zero-order valence-corrected chi connectivity index (χ0v) is 17.5. The SMILES string of the molecule is CCN1C(=O)C(=CC=C2Sc3c(ccc4c3CCCC4)N2CC)SC1=S. The molecule has 136 valence electrons. The van der Waals surface area contributed by atoms with E-state index in [9.17, 15) is 4.79 Å². The molecule has 1 aromatic carbocycles. The molecule has 1 aromatic rings. The van der Waals surface area contributed by atoms with Crippen LogP contribution in [-0.4, -0.2) is 28.2 Å². The van der Waals surface area contributed by atoms with Crippen molar-refractivity contribution in [2.24, 2.45) is 0 Å². The minimum Gasteiger partial charge on any atom is -0.335 e. The molecule has 0 aromatic heterocycles. The number of likely N-dealkylation sites (N-methyl/N-ethyl adjacent to an activating group) is 1. The Labute approximate surface area is 168 Å². The van der Waals surface area contributed by atoms with Crippen molar-refractivity contribution < 1.29 is 4.79 Å². The highest BCUT2D eigenvalue weighted by molar-refractivity contribution is 8.26. The number of anilines is 1. The molecule has 0 atom stereocenters. The van der Waals surface area contributed by atoms with Crippen molar-refractivity contribution in [1.29, 1.82) is 0 Å². The summed E-state index contributed by atoms with van der Waals surface area (Å²) in [5.41, 5.74) is 4.38. The first kappa shape index (κ1) is 18.1. The number of carbonyl (C=O) groups excluding carboxylic acids is 1. The molecule has 1 fully saturated rings. The van der Waals surface area contributed by atoms with Crippen molar-refractivity contribution in [1.82, 2.24) is 4.90 Å². The van der Waals surface area contributed by atoms with Gasteiger partial charge in [-0.15, -0.1) is 0 Å². The van der Waals surface area contributed by atoms with Crippen molar-refractivity contribution in [2.45, 2.75) is 44.4 Å². The molecule has 6 heteroatoms.